The molecule has 1 aliphatic carbocycles. The van der Waals surface area contributed by atoms with Crippen LogP contribution in [-0.4, -0.2) is 18.0 Å². The van der Waals surface area contributed by atoms with E-state index in [0.717, 1.165) is 23.4 Å². The van der Waals surface area contributed by atoms with Crippen LogP contribution in [0.4, 0.5) is 5.69 Å². The second-order valence-electron chi connectivity index (χ2n) is 6.03. The molecule has 0 heterocycles. The Balaban J connectivity index is 2.19. The average Bonchev–Trinajstić information content (AvgIpc) is 3.15. The van der Waals surface area contributed by atoms with Gasteiger partial charge in [0.15, 0.2) is 0 Å². The molecule has 1 amide bonds. The first-order valence-electron chi connectivity index (χ1n) is 7.11. The number of benzene rings is 1. The molecule has 1 saturated carbocycles. The second kappa shape index (κ2) is 5.24. The minimum Gasteiger partial charge on any atom is -0.385 e. The van der Waals surface area contributed by atoms with E-state index in [2.05, 4.69) is 24.5 Å². The Kier molecular flexibility index (Phi) is 3.83. The third-order valence-corrected chi connectivity index (χ3v) is 3.82. The van der Waals surface area contributed by atoms with Gasteiger partial charge in [0.1, 0.15) is 0 Å². The summed E-state index contributed by atoms with van der Waals surface area (Å²) in [4.78, 5) is 12.5. The maximum Gasteiger partial charge on any atom is 0.253 e. The molecule has 19 heavy (non-hydrogen) atoms. The first-order chi connectivity index (χ1) is 8.94. The van der Waals surface area contributed by atoms with Gasteiger partial charge in [0.25, 0.3) is 5.91 Å². The molecule has 1 aliphatic rings. The van der Waals surface area contributed by atoms with E-state index in [1.54, 1.807) is 0 Å². The molecule has 0 spiro atoms. The molecule has 2 N–H and O–H groups in total. The number of anilines is 1. The van der Waals surface area contributed by atoms with Gasteiger partial charge in [-0.15, -0.1) is 0 Å². The lowest BCUT2D eigenvalue weighted by Crippen LogP contribution is -2.45. The molecule has 0 unspecified atom stereocenters. The van der Waals surface area contributed by atoms with E-state index >= 15 is 0 Å². The fraction of sp³-hybridized carbons (Fsp3) is 0.562. The Morgan fingerprint density at radius 3 is 2.63 bits per heavy atom. The van der Waals surface area contributed by atoms with Crippen LogP contribution in [0.25, 0.3) is 0 Å². The Labute approximate surface area is 115 Å². The van der Waals surface area contributed by atoms with Gasteiger partial charge in [0.2, 0.25) is 0 Å². The van der Waals surface area contributed by atoms with Crippen molar-refractivity contribution < 1.29 is 4.79 Å². The highest BCUT2D eigenvalue weighted by molar-refractivity contribution is 6.00. The summed E-state index contributed by atoms with van der Waals surface area (Å²) in [5.74, 6) is 0.653. The van der Waals surface area contributed by atoms with E-state index in [0.29, 0.717) is 5.92 Å². The monoisotopic (exact) mass is 260 g/mol. The van der Waals surface area contributed by atoms with Crippen LogP contribution in [0.5, 0.6) is 0 Å². The minimum atomic E-state index is -0.107. The van der Waals surface area contributed by atoms with Crippen LogP contribution >= 0.6 is 0 Å². The molecular formula is C16H24N2O. The maximum absolute atomic E-state index is 12.5. The van der Waals surface area contributed by atoms with Crippen LogP contribution in [0, 0.1) is 12.8 Å². The van der Waals surface area contributed by atoms with Gasteiger partial charge in [0, 0.05) is 17.8 Å². The molecule has 0 radical (unpaired) electrons. The Morgan fingerprint density at radius 1 is 1.37 bits per heavy atom. The predicted octanol–water partition coefficient (Wildman–Crippen LogP) is 3.35. The molecule has 3 heteroatoms. The summed E-state index contributed by atoms with van der Waals surface area (Å²) in [6.45, 7) is 9.10. The van der Waals surface area contributed by atoms with Crippen LogP contribution in [0.3, 0.4) is 0 Å². The number of nitrogens with one attached hydrogen (secondary N) is 2. The Morgan fingerprint density at radius 2 is 2.05 bits per heavy atom. The first-order valence-corrected chi connectivity index (χ1v) is 7.11. The Hall–Kier alpha value is -1.51. The molecule has 104 valence electrons. The van der Waals surface area contributed by atoms with Crippen molar-refractivity contribution in [3.63, 3.8) is 0 Å². The predicted molar refractivity (Wildman–Crippen MR) is 79.6 cm³/mol. The largest absolute Gasteiger partial charge is 0.385 e. The molecule has 0 aromatic heterocycles. The molecule has 1 aromatic carbocycles. The fourth-order valence-corrected chi connectivity index (χ4v) is 2.46. The summed E-state index contributed by atoms with van der Waals surface area (Å²) >= 11 is 0. The molecule has 3 nitrogen and oxygen atoms in total. The van der Waals surface area contributed by atoms with Crippen LogP contribution in [-0.2, 0) is 0 Å². The first kappa shape index (κ1) is 13.9. The molecule has 0 bridgehead atoms. The summed E-state index contributed by atoms with van der Waals surface area (Å²) in [6.07, 6.45) is 2.45. The number of hydrogen-bond donors (Lipinski definition) is 2. The summed E-state index contributed by atoms with van der Waals surface area (Å²) in [7, 11) is 0. The van der Waals surface area contributed by atoms with E-state index in [1.807, 2.05) is 32.0 Å². The van der Waals surface area contributed by atoms with E-state index < -0.39 is 0 Å². The average molecular weight is 260 g/mol. The van der Waals surface area contributed by atoms with Crippen molar-refractivity contribution in [3.05, 3.63) is 29.3 Å². The van der Waals surface area contributed by atoms with Crippen LogP contribution in [0.1, 0.15) is 49.5 Å². The van der Waals surface area contributed by atoms with Crippen molar-refractivity contribution in [2.24, 2.45) is 5.92 Å². The number of rotatable bonds is 5. The Bertz CT molecular complexity index is 476. The highest BCUT2D eigenvalue weighted by Crippen LogP contribution is 2.39. The quantitative estimate of drug-likeness (QED) is 0.852. The zero-order valence-electron chi connectivity index (χ0n) is 12.3. The zero-order valence-corrected chi connectivity index (χ0v) is 12.3. The van der Waals surface area contributed by atoms with Crippen molar-refractivity contribution in [2.45, 2.75) is 46.1 Å². The topological polar surface area (TPSA) is 41.1 Å². The van der Waals surface area contributed by atoms with Gasteiger partial charge < -0.3 is 10.6 Å². The van der Waals surface area contributed by atoms with Crippen molar-refractivity contribution in [1.29, 1.82) is 0 Å². The number of aryl methyl sites for hydroxylation is 1. The van der Waals surface area contributed by atoms with Crippen molar-refractivity contribution in [3.8, 4) is 0 Å². The van der Waals surface area contributed by atoms with E-state index in [1.165, 1.54) is 12.8 Å². The van der Waals surface area contributed by atoms with E-state index in [-0.39, 0.29) is 11.4 Å². The lowest BCUT2D eigenvalue weighted by molar-refractivity contribution is 0.0904. The maximum atomic E-state index is 12.5. The molecule has 1 aromatic rings. The summed E-state index contributed by atoms with van der Waals surface area (Å²) in [5.41, 5.74) is 2.66. The van der Waals surface area contributed by atoms with Gasteiger partial charge in [-0.25, -0.2) is 0 Å². The van der Waals surface area contributed by atoms with Gasteiger partial charge in [-0.1, -0.05) is 11.6 Å². The number of amides is 1. The van der Waals surface area contributed by atoms with Gasteiger partial charge >= 0.3 is 0 Å². The van der Waals surface area contributed by atoms with Crippen molar-refractivity contribution in [1.82, 2.24) is 5.32 Å². The number of carbonyl (C=O) groups excluding carboxylic acids is 1. The standard InChI is InChI=1S/C16H24N2O/c1-5-17-14-9-6-11(2)10-13(14)15(19)18-16(3,4)12-7-8-12/h6,9-10,12,17H,5,7-8H2,1-4H3,(H,18,19). The summed E-state index contributed by atoms with van der Waals surface area (Å²) < 4.78 is 0. The lowest BCUT2D eigenvalue weighted by Gasteiger charge is -2.27. The van der Waals surface area contributed by atoms with Crippen molar-refractivity contribution >= 4 is 11.6 Å². The van der Waals surface area contributed by atoms with Gasteiger partial charge in [-0.3, -0.25) is 4.79 Å². The molecule has 1 fully saturated rings. The van der Waals surface area contributed by atoms with Gasteiger partial charge in [-0.05, 0) is 58.6 Å². The van der Waals surface area contributed by atoms with Crippen molar-refractivity contribution in [2.75, 3.05) is 11.9 Å². The summed E-state index contributed by atoms with van der Waals surface area (Å²) in [5, 5.41) is 6.44. The number of carbonyl (C=O) groups is 1. The fourth-order valence-electron chi connectivity index (χ4n) is 2.46. The molecule has 0 saturated heterocycles. The smallest absolute Gasteiger partial charge is 0.253 e. The van der Waals surface area contributed by atoms with E-state index in [4.69, 9.17) is 0 Å². The van der Waals surface area contributed by atoms with Crippen LogP contribution in [0.2, 0.25) is 0 Å². The third-order valence-electron chi connectivity index (χ3n) is 3.82. The zero-order chi connectivity index (χ0) is 14.0. The highest BCUT2D eigenvalue weighted by atomic mass is 16.1. The molecular weight excluding hydrogens is 236 g/mol. The molecule has 0 atom stereocenters. The van der Waals surface area contributed by atoms with Gasteiger partial charge in [0.05, 0.1) is 5.56 Å². The normalized spacial score (nSPS) is 15.2. The van der Waals surface area contributed by atoms with Crippen LogP contribution in [0.15, 0.2) is 18.2 Å². The highest BCUT2D eigenvalue weighted by Gasteiger charge is 2.39. The summed E-state index contributed by atoms with van der Waals surface area (Å²) in [6, 6.07) is 5.97. The molecule has 2 rings (SSSR count). The SMILES string of the molecule is CCNc1ccc(C)cc1C(=O)NC(C)(C)C1CC1. The van der Waals surface area contributed by atoms with Crippen LogP contribution < -0.4 is 10.6 Å². The third kappa shape index (κ3) is 3.28. The number of hydrogen-bond acceptors (Lipinski definition) is 2. The van der Waals surface area contributed by atoms with Gasteiger partial charge in [-0.2, -0.15) is 0 Å². The minimum absolute atomic E-state index is 0.0246. The van der Waals surface area contributed by atoms with E-state index in [9.17, 15) is 4.79 Å². The molecule has 0 aliphatic heterocycles. The second-order valence-corrected chi connectivity index (χ2v) is 6.03. The lowest BCUT2D eigenvalue weighted by atomic mass is 9.97.